The monoisotopic (exact) mass is 311 g/mol. The molecule has 1 aliphatic carbocycles. The largest absolute Gasteiger partial charge is 0.464 e. The van der Waals surface area contributed by atoms with Crippen LogP contribution in [0.25, 0.3) is 16.5 Å². The van der Waals surface area contributed by atoms with Crippen LogP contribution in [-0.2, 0) is 6.42 Å². The average Bonchev–Trinajstić information content (AvgIpc) is 3.10. The number of aryl methyl sites for hydroxylation is 1. The van der Waals surface area contributed by atoms with Crippen LogP contribution < -0.4 is 4.74 Å². The van der Waals surface area contributed by atoms with Crippen LogP contribution in [0.2, 0.25) is 0 Å². The molecule has 3 heteroatoms. The van der Waals surface area contributed by atoms with Crippen LogP contribution in [-0.4, -0.2) is 0 Å². The smallest absolute Gasteiger partial charge is 0.146 e. The molecule has 1 aliphatic heterocycles. The van der Waals surface area contributed by atoms with Crippen molar-refractivity contribution in [1.29, 1.82) is 5.26 Å². The highest BCUT2D eigenvalue weighted by Gasteiger charge is 2.31. The van der Waals surface area contributed by atoms with Gasteiger partial charge in [0.2, 0.25) is 0 Å². The van der Waals surface area contributed by atoms with E-state index in [2.05, 4.69) is 36.4 Å². The van der Waals surface area contributed by atoms with E-state index in [1.807, 2.05) is 12.1 Å². The summed E-state index contributed by atoms with van der Waals surface area (Å²) in [4.78, 5) is 0. The standard InChI is InChI=1S/C21H13NO2/c22-11-9-19-15-6-5-13-3-1-2-4-14(13)20(15)17-7-8-18-16(10-12-23-18)21(17)24-19/h1-4,7-10,12H,5-6H2/b19-9-. The Bertz CT molecular complexity index is 1090. The second-order valence-electron chi connectivity index (χ2n) is 6.03. The summed E-state index contributed by atoms with van der Waals surface area (Å²) in [6, 6.07) is 16.6. The summed E-state index contributed by atoms with van der Waals surface area (Å²) in [6.07, 6.45) is 5.01. The van der Waals surface area contributed by atoms with Crippen molar-refractivity contribution in [1.82, 2.24) is 0 Å². The molecule has 0 amide bonds. The van der Waals surface area contributed by atoms with Crippen molar-refractivity contribution in [3.05, 3.63) is 82.8 Å². The number of allylic oxidation sites excluding steroid dienone is 2. The van der Waals surface area contributed by atoms with Gasteiger partial charge in [-0.15, -0.1) is 0 Å². The van der Waals surface area contributed by atoms with E-state index in [-0.39, 0.29) is 0 Å². The Balaban J connectivity index is 1.89. The summed E-state index contributed by atoms with van der Waals surface area (Å²) in [5.74, 6) is 1.43. The molecule has 0 bridgehead atoms. The topological polar surface area (TPSA) is 46.2 Å². The predicted octanol–water partition coefficient (Wildman–Crippen LogP) is 4.98. The third-order valence-corrected chi connectivity index (χ3v) is 4.79. The molecule has 0 fully saturated rings. The van der Waals surface area contributed by atoms with E-state index in [1.54, 1.807) is 6.26 Å². The quantitative estimate of drug-likeness (QED) is 0.550. The fourth-order valence-corrected chi connectivity index (χ4v) is 3.75. The van der Waals surface area contributed by atoms with Gasteiger partial charge in [-0.25, -0.2) is 0 Å². The van der Waals surface area contributed by atoms with Crippen LogP contribution in [0, 0.1) is 11.3 Å². The third kappa shape index (κ3) is 1.71. The molecule has 5 rings (SSSR count). The van der Waals surface area contributed by atoms with E-state index in [9.17, 15) is 5.26 Å². The Labute approximate surface area is 139 Å². The van der Waals surface area contributed by atoms with E-state index in [0.717, 1.165) is 40.7 Å². The number of rotatable bonds is 0. The zero-order valence-corrected chi connectivity index (χ0v) is 12.9. The molecule has 0 atom stereocenters. The zero-order chi connectivity index (χ0) is 16.1. The first-order chi connectivity index (χ1) is 11.9. The number of hydrogen-bond acceptors (Lipinski definition) is 3. The highest BCUT2D eigenvalue weighted by Crippen LogP contribution is 2.48. The summed E-state index contributed by atoms with van der Waals surface area (Å²) < 4.78 is 11.7. The Morgan fingerprint density at radius 2 is 1.92 bits per heavy atom. The maximum Gasteiger partial charge on any atom is 0.146 e. The summed E-state index contributed by atoms with van der Waals surface area (Å²) in [7, 11) is 0. The predicted molar refractivity (Wildman–Crippen MR) is 91.3 cm³/mol. The van der Waals surface area contributed by atoms with Crippen molar-refractivity contribution < 1.29 is 9.15 Å². The van der Waals surface area contributed by atoms with E-state index < -0.39 is 0 Å². The summed E-state index contributed by atoms with van der Waals surface area (Å²) in [5.41, 5.74) is 6.73. The minimum absolute atomic E-state index is 0.656. The average molecular weight is 311 g/mol. The van der Waals surface area contributed by atoms with E-state index in [1.165, 1.54) is 22.8 Å². The maximum absolute atomic E-state index is 9.18. The Morgan fingerprint density at radius 3 is 2.83 bits per heavy atom. The molecule has 0 N–H and O–H groups in total. The van der Waals surface area contributed by atoms with Crippen LogP contribution in [0.1, 0.15) is 23.1 Å². The second-order valence-corrected chi connectivity index (χ2v) is 6.03. The molecule has 0 saturated carbocycles. The van der Waals surface area contributed by atoms with Crippen molar-refractivity contribution in [3.8, 4) is 11.8 Å². The SMILES string of the molecule is N#C/C=C1\Oc2c(ccc3occc23)C2=C1CCc1ccccc12. The summed E-state index contributed by atoms with van der Waals surface area (Å²) >= 11 is 0. The van der Waals surface area contributed by atoms with E-state index in [4.69, 9.17) is 9.15 Å². The molecule has 0 unspecified atom stereocenters. The van der Waals surface area contributed by atoms with Gasteiger partial charge in [0, 0.05) is 11.1 Å². The number of furan rings is 1. The van der Waals surface area contributed by atoms with Gasteiger partial charge in [-0.3, -0.25) is 0 Å². The number of nitriles is 1. The summed E-state index contributed by atoms with van der Waals surface area (Å²) in [6.45, 7) is 0. The minimum Gasteiger partial charge on any atom is -0.464 e. The number of benzene rings is 2. The third-order valence-electron chi connectivity index (χ3n) is 4.79. The lowest BCUT2D eigenvalue weighted by atomic mass is 9.79. The van der Waals surface area contributed by atoms with Gasteiger partial charge in [0.15, 0.2) is 0 Å². The van der Waals surface area contributed by atoms with Gasteiger partial charge in [0.05, 0.1) is 23.8 Å². The zero-order valence-electron chi connectivity index (χ0n) is 12.9. The Hall–Kier alpha value is -3.25. The van der Waals surface area contributed by atoms with Crippen molar-refractivity contribution in [2.24, 2.45) is 0 Å². The molecular formula is C21H13NO2. The first-order valence-electron chi connectivity index (χ1n) is 7.97. The minimum atomic E-state index is 0.656. The number of nitrogens with zero attached hydrogens (tertiary/aromatic N) is 1. The fraction of sp³-hybridized carbons (Fsp3) is 0.0952. The molecule has 0 saturated heterocycles. The molecule has 1 aromatic heterocycles. The van der Waals surface area contributed by atoms with Crippen LogP contribution in [0.3, 0.4) is 0 Å². The van der Waals surface area contributed by atoms with Gasteiger partial charge >= 0.3 is 0 Å². The molecule has 3 nitrogen and oxygen atoms in total. The van der Waals surface area contributed by atoms with Gasteiger partial charge < -0.3 is 9.15 Å². The number of fused-ring (bicyclic) bond motifs is 6. The molecule has 3 aromatic rings. The normalized spacial score (nSPS) is 17.0. The van der Waals surface area contributed by atoms with Crippen LogP contribution in [0.15, 0.2) is 70.6 Å². The first kappa shape index (κ1) is 13.2. The molecule has 0 spiro atoms. The maximum atomic E-state index is 9.18. The highest BCUT2D eigenvalue weighted by molar-refractivity contribution is 5.98. The van der Waals surface area contributed by atoms with E-state index >= 15 is 0 Å². The lowest BCUT2D eigenvalue weighted by Crippen LogP contribution is -2.16. The molecule has 2 aliphatic rings. The fourth-order valence-electron chi connectivity index (χ4n) is 3.75. The van der Waals surface area contributed by atoms with Crippen LogP contribution in [0.4, 0.5) is 0 Å². The molecule has 2 heterocycles. The Kier molecular flexibility index (Phi) is 2.68. The van der Waals surface area contributed by atoms with Gasteiger partial charge in [-0.2, -0.15) is 5.26 Å². The van der Waals surface area contributed by atoms with Crippen molar-refractivity contribution in [3.63, 3.8) is 0 Å². The molecule has 0 radical (unpaired) electrons. The van der Waals surface area contributed by atoms with Crippen LogP contribution in [0.5, 0.6) is 5.75 Å². The molecule has 2 aromatic carbocycles. The molecule has 24 heavy (non-hydrogen) atoms. The lowest BCUT2D eigenvalue weighted by molar-refractivity contribution is 0.429. The lowest BCUT2D eigenvalue weighted by Gasteiger charge is -2.30. The van der Waals surface area contributed by atoms with Crippen molar-refractivity contribution in [2.45, 2.75) is 12.8 Å². The second kappa shape index (κ2) is 4.87. The van der Waals surface area contributed by atoms with Gasteiger partial charge in [0.25, 0.3) is 0 Å². The van der Waals surface area contributed by atoms with Crippen molar-refractivity contribution >= 4 is 16.5 Å². The molecular weight excluding hydrogens is 298 g/mol. The van der Waals surface area contributed by atoms with Crippen LogP contribution >= 0.6 is 0 Å². The van der Waals surface area contributed by atoms with E-state index in [0.29, 0.717) is 5.76 Å². The van der Waals surface area contributed by atoms with Gasteiger partial charge in [-0.05, 0) is 47.7 Å². The Morgan fingerprint density at radius 1 is 1.00 bits per heavy atom. The summed E-state index contributed by atoms with van der Waals surface area (Å²) in [5, 5.41) is 10.1. The molecule has 114 valence electrons. The highest BCUT2D eigenvalue weighted by atomic mass is 16.5. The number of ether oxygens (including phenoxy) is 1. The van der Waals surface area contributed by atoms with Gasteiger partial charge in [-0.1, -0.05) is 24.3 Å². The first-order valence-corrected chi connectivity index (χ1v) is 7.97. The number of hydrogen-bond donors (Lipinski definition) is 0. The van der Waals surface area contributed by atoms with Crippen molar-refractivity contribution in [2.75, 3.05) is 0 Å². The van der Waals surface area contributed by atoms with Gasteiger partial charge in [0.1, 0.15) is 17.1 Å².